The summed E-state index contributed by atoms with van der Waals surface area (Å²) in [6, 6.07) is 12.0. The number of benzene rings is 2. The fraction of sp³-hybridized carbons (Fsp3) is 0.250. The maximum Gasteiger partial charge on any atom is 0.417 e. The second-order valence-corrected chi connectivity index (χ2v) is 8.08. The lowest BCUT2D eigenvalue weighted by Crippen LogP contribution is -2.44. The molecule has 1 aliphatic heterocycles. The third-order valence-corrected chi connectivity index (χ3v) is 5.85. The Morgan fingerprint density at radius 3 is 2.82 bits per heavy atom. The number of imidazole rings is 1. The first-order chi connectivity index (χ1) is 16.3. The Bertz CT molecular complexity index is 1340. The van der Waals surface area contributed by atoms with Crippen molar-refractivity contribution >= 4 is 22.5 Å². The minimum Gasteiger partial charge on any atom is -0.394 e. The van der Waals surface area contributed by atoms with Crippen molar-refractivity contribution < 1.29 is 27.8 Å². The number of aromatic amines is 2. The second kappa shape index (κ2) is 8.62. The van der Waals surface area contributed by atoms with Crippen molar-refractivity contribution in [2.45, 2.75) is 12.3 Å². The molecule has 1 saturated heterocycles. The Kier molecular flexibility index (Phi) is 5.62. The number of aliphatic hydroxyl groups excluding tert-OH is 1. The largest absolute Gasteiger partial charge is 0.417 e. The fourth-order valence-corrected chi connectivity index (χ4v) is 4.13. The van der Waals surface area contributed by atoms with Crippen molar-refractivity contribution in [3.05, 3.63) is 71.4 Å². The van der Waals surface area contributed by atoms with Crippen molar-refractivity contribution in [2.24, 2.45) is 0 Å². The number of morpholine rings is 1. The number of nitrogens with zero attached hydrogens (tertiary/aromatic N) is 2. The average Bonchev–Trinajstić information content (AvgIpc) is 3.50. The van der Waals surface area contributed by atoms with Crippen LogP contribution in [0.25, 0.3) is 22.6 Å². The van der Waals surface area contributed by atoms with E-state index in [1.54, 1.807) is 0 Å². The van der Waals surface area contributed by atoms with Crippen LogP contribution >= 0.6 is 0 Å². The summed E-state index contributed by atoms with van der Waals surface area (Å²) in [5, 5.41) is 9.37. The van der Waals surface area contributed by atoms with E-state index in [1.165, 1.54) is 30.5 Å². The highest BCUT2D eigenvalue weighted by Crippen LogP contribution is 2.33. The molecule has 0 unspecified atom stereocenters. The zero-order valence-corrected chi connectivity index (χ0v) is 17.9. The lowest BCUT2D eigenvalue weighted by molar-refractivity contribution is -0.137. The molecular formula is C24H21F3N4O3. The first-order valence-corrected chi connectivity index (χ1v) is 10.7. The molecule has 0 aliphatic carbocycles. The van der Waals surface area contributed by atoms with Crippen molar-refractivity contribution in [1.82, 2.24) is 15.0 Å². The van der Waals surface area contributed by atoms with Crippen LogP contribution in [0.4, 0.5) is 18.9 Å². The van der Waals surface area contributed by atoms with Gasteiger partial charge in [0.1, 0.15) is 0 Å². The molecule has 0 amide bonds. The molecule has 10 heteroatoms. The maximum absolute atomic E-state index is 13.3. The van der Waals surface area contributed by atoms with E-state index >= 15 is 0 Å². The molecule has 176 valence electrons. The Labute approximate surface area is 192 Å². The zero-order valence-electron chi connectivity index (χ0n) is 17.9. The summed E-state index contributed by atoms with van der Waals surface area (Å²) in [4.78, 5) is 25.6. The maximum atomic E-state index is 13.3. The van der Waals surface area contributed by atoms with Gasteiger partial charge in [-0.3, -0.25) is 4.79 Å². The first kappa shape index (κ1) is 22.2. The summed E-state index contributed by atoms with van der Waals surface area (Å²) in [6.45, 7) is 1.75. The lowest BCUT2D eigenvalue weighted by Gasteiger charge is -2.33. The highest BCUT2D eigenvalue weighted by Gasteiger charge is 2.35. The number of hydrogen-bond acceptors (Lipinski definition) is 5. The van der Waals surface area contributed by atoms with Gasteiger partial charge in [-0.1, -0.05) is 18.2 Å². The summed E-state index contributed by atoms with van der Waals surface area (Å²) >= 11 is 0. The molecule has 2 aromatic carbocycles. The number of hydrogen-bond donors (Lipinski definition) is 3. The Balaban J connectivity index is 1.42. The average molecular weight is 470 g/mol. The number of ether oxygens (including phenoxy) is 1. The van der Waals surface area contributed by atoms with Crippen LogP contribution in [0.3, 0.4) is 0 Å². The Hall–Kier alpha value is -3.63. The van der Waals surface area contributed by atoms with Crippen LogP contribution in [0.1, 0.15) is 21.5 Å². The van der Waals surface area contributed by atoms with E-state index in [9.17, 15) is 23.1 Å². The van der Waals surface area contributed by atoms with Gasteiger partial charge in [-0.25, -0.2) is 4.98 Å². The minimum absolute atomic E-state index is 0.0473. The van der Waals surface area contributed by atoms with E-state index in [2.05, 4.69) is 19.9 Å². The molecule has 0 saturated carbocycles. The van der Waals surface area contributed by atoms with Gasteiger partial charge in [-0.2, -0.15) is 13.2 Å². The lowest BCUT2D eigenvalue weighted by atomic mass is 9.99. The molecular weight excluding hydrogens is 449 g/mol. The van der Waals surface area contributed by atoms with Crippen LogP contribution in [0, 0.1) is 0 Å². The number of carbonyl (C=O) groups is 1. The predicted octanol–water partition coefficient (Wildman–Crippen LogP) is 4.01. The number of aromatic nitrogens is 3. The SMILES string of the molecule is O=C(c1c[nH]c(-c2nc3ccc(N4CCO[C@H](CO)C4)cc3[nH]2)c1)c1ccccc1C(F)(F)F. The molecule has 3 heterocycles. The smallest absolute Gasteiger partial charge is 0.394 e. The van der Waals surface area contributed by atoms with Crippen molar-refractivity contribution in [3.8, 4) is 11.5 Å². The minimum atomic E-state index is -4.63. The molecule has 4 aromatic rings. The number of nitrogens with one attached hydrogen (secondary N) is 2. The van der Waals surface area contributed by atoms with Gasteiger partial charge in [0.25, 0.3) is 0 Å². The molecule has 5 rings (SSSR count). The van der Waals surface area contributed by atoms with Gasteiger partial charge < -0.3 is 24.7 Å². The van der Waals surface area contributed by atoms with Crippen LogP contribution in [0.5, 0.6) is 0 Å². The predicted molar refractivity (Wildman–Crippen MR) is 120 cm³/mol. The molecule has 2 aromatic heterocycles. The third kappa shape index (κ3) is 4.17. The fourth-order valence-electron chi connectivity index (χ4n) is 4.13. The molecule has 0 bridgehead atoms. The number of rotatable bonds is 5. The first-order valence-electron chi connectivity index (χ1n) is 10.7. The number of H-pyrrole nitrogens is 2. The van der Waals surface area contributed by atoms with Crippen molar-refractivity contribution in [1.29, 1.82) is 0 Å². The van der Waals surface area contributed by atoms with E-state index in [0.717, 1.165) is 17.3 Å². The van der Waals surface area contributed by atoms with Crippen LogP contribution in [-0.2, 0) is 10.9 Å². The van der Waals surface area contributed by atoms with Crippen LogP contribution in [0.15, 0.2) is 54.7 Å². The number of fused-ring (bicyclic) bond motifs is 1. The van der Waals surface area contributed by atoms with Crippen LogP contribution in [0.2, 0.25) is 0 Å². The normalized spacial score (nSPS) is 16.8. The van der Waals surface area contributed by atoms with Gasteiger partial charge in [0.05, 0.1) is 41.6 Å². The van der Waals surface area contributed by atoms with E-state index in [-0.39, 0.29) is 18.3 Å². The van der Waals surface area contributed by atoms with Gasteiger partial charge in [0.2, 0.25) is 0 Å². The summed E-state index contributed by atoms with van der Waals surface area (Å²) in [7, 11) is 0. The molecule has 0 spiro atoms. The summed E-state index contributed by atoms with van der Waals surface area (Å²) < 4.78 is 45.5. The van der Waals surface area contributed by atoms with Crippen LogP contribution < -0.4 is 4.90 Å². The van der Waals surface area contributed by atoms with Gasteiger partial charge in [0.15, 0.2) is 11.6 Å². The number of carbonyl (C=O) groups excluding carboxylic acids is 1. The summed E-state index contributed by atoms with van der Waals surface area (Å²) in [6.07, 6.45) is -3.48. The highest BCUT2D eigenvalue weighted by molar-refractivity contribution is 6.10. The van der Waals surface area contributed by atoms with Crippen molar-refractivity contribution in [3.63, 3.8) is 0 Å². The molecule has 1 atom stereocenters. The second-order valence-electron chi connectivity index (χ2n) is 8.08. The van der Waals surface area contributed by atoms with Crippen LogP contribution in [-0.4, -0.2) is 58.2 Å². The Morgan fingerprint density at radius 1 is 1.21 bits per heavy atom. The molecule has 7 nitrogen and oxygen atoms in total. The molecule has 1 fully saturated rings. The number of ketones is 1. The number of anilines is 1. The van der Waals surface area contributed by atoms with Gasteiger partial charge in [-0.15, -0.1) is 0 Å². The van der Waals surface area contributed by atoms with Gasteiger partial charge in [-0.05, 0) is 30.3 Å². The zero-order chi connectivity index (χ0) is 23.9. The standard InChI is InChI=1S/C24H21F3N4O3/c25-24(26,27)18-4-2-1-3-17(18)22(33)14-9-21(28-11-14)23-29-19-6-5-15(10-20(19)30-23)31-7-8-34-16(12-31)13-32/h1-6,9-11,16,28,32H,7-8,12-13H2,(H,29,30)/t16-/m0/s1. The molecule has 3 N–H and O–H groups in total. The van der Waals surface area contributed by atoms with Crippen molar-refractivity contribution in [2.75, 3.05) is 31.2 Å². The van der Waals surface area contributed by atoms with E-state index in [1.807, 2.05) is 18.2 Å². The van der Waals surface area contributed by atoms with E-state index < -0.39 is 23.1 Å². The monoisotopic (exact) mass is 470 g/mol. The third-order valence-electron chi connectivity index (χ3n) is 5.85. The van der Waals surface area contributed by atoms with Gasteiger partial charge in [0, 0.05) is 36.1 Å². The quantitative estimate of drug-likeness (QED) is 0.384. The number of alkyl halides is 3. The Morgan fingerprint density at radius 2 is 2.03 bits per heavy atom. The number of aliphatic hydroxyl groups is 1. The summed E-state index contributed by atoms with van der Waals surface area (Å²) in [5.41, 5.74) is 1.65. The van der Waals surface area contributed by atoms with E-state index in [4.69, 9.17) is 4.74 Å². The molecule has 34 heavy (non-hydrogen) atoms. The topological polar surface area (TPSA) is 94.2 Å². The highest BCUT2D eigenvalue weighted by atomic mass is 19.4. The molecule has 1 aliphatic rings. The summed E-state index contributed by atoms with van der Waals surface area (Å²) in [5.74, 6) is -0.259. The van der Waals surface area contributed by atoms with E-state index in [0.29, 0.717) is 36.7 Å². The molecule has 0 radical (unpaired) electrons. The number of halogens is 3. The van der Waals surface area contributed by atoms with Gasteiger partial charge >= 0.3 is 6.18 Å².